The van der Waals surface area contributed by atoms with E-state index in [4.69, 9.17) is 0 Å². The van der Waals surface area contributed by atoms with Crippen molar-refractivity contribution in [2.24, 2.45) is 0 Å². The topological polar surface area (TPSA) is 70.0 Å². The Balaban J connectivity index is 1.25. The fourth-order valence-electron chi connectivity index (χ4n) is 4.60. The zero-order chi connectivity index (χ0) is 24.2. The summed E-state index contributed by atoms with van der Waals surface area (Å²) in [5.74, 6) is -0.222. The second-order valence-electron chi connectivity index (χ2n) is 8.87. The lowest BCUT2D eigenvalue weighted by atomic mass is 10.0. The molecule has 2 amide bonds. The van der Waals surface area contributed by atoms with Crippen LogP contribution in [-0.4, -0.2) is 63.2 Å². The highest BCUT2D eigenvalue weighted by atomic mass is 32.1. The van der Waals surface area contributed by atoms with Crippen LogP contribution in [0.3, 0.4) is 0 Å². The van der Waals surface area contributed by atoms with E-state index in [1.54, 1.807) is 6.07 Å². The first-order valence-electron chi connectivity index (χ1n) is 11.9. The van der Waals surface area contributed by atoms with E-state index in [1.165, 1.54) is 17.0 Å². The third kappa shape index (κ3) is 5.28. The molecule has 0 radical (unpaired) electrons. The predicted molar refractivity (Wildman–Crippen MR) is 138 cm³/mol. The number of aryl methyl sites for hydroxylation is 1. The van der Waals surface area contributed by atoms with Gasteiger partial charge in [0, 0.05) is 45.3 Å². The molecule has 0 spiro atoms. The molecule has 1 aliphatic heterocycles. The predicted octanol–water partition coefficient (Wildman–Crippen LogP) is 3.39. The van der Waals surface area contributed by atoms with E-state index < -0.39 is 6.04 Å². The molecule has 8 heteroatoms. The van der Waals surface area contributed by atoms with E-state index in [2.05, 4.69) is 25.8 Å². The molecular weight excluding hydrogens is 458 g/mol. The summed E-state index contributed by atoms with van der Waals surface area (Å²) in [6.07, 6.45) is 2.52. The van der Waals surface area contributed by atoms with Crippen LogP contribution >= 0.6 is 11.3 Å². The Morgan fingerprint density at radius 3 is 2.51 bits per heavy atom. The number of hydrogen-bond acceptors (Lipinski definition) is 5. The number of fused-ring (bicyclic) bond motifs is 1. The number of hydrogen-bond donors (Lipinski definition) is 1. The number of nitrogens with one attached hydrogen (secondary N) is 1. The maximum Gasteiger partial charge on any atom is 0.262 e. The van der Waals surface area contributed by atoms with Crippen LogP contribution in [0.25, 0.3) is 5.65 Å². The van der Waals surface area contributed by atoms with Crippen molar-refractivity contribution in [3.8, 4) is 0 Å². The Morgan fingerprint density at radius 2 is 1.77 bits per heavy atom. The normalized spacial score (nSPS) is 15.3. The lowest BCUT2D eigenvalue weighted by Gasteiger charge is -2.36. The smallest absolute Gasteiger partial charge is 0.262 e. The molecule has 0 aliphatic carbocycles. The first-order chi connectivity index (χ1) is 17.1. The third-order valence-corrected chi connectivity index (χ3v) is 7.39. The van der Waals surface area contributed by atoms with E-state index in [1.807, 2.05) is 71.8 Å². The van der Waals surface area contributed by atoms with Gasteiger partial charge in [-0.2, -0.15) is 0 Å². The summed E-state index contributed by atoms with van der Waals surface area (Å²) >= 11 is 1.38. The molecule has 1 N–H and O–H groups in total. The van der Waals surface area contributed by atoms with E-state index in [0.29, 0.717) is 24.4 Å². The van der Waals surface area contributed by atoms with Crippen molar-refractivity contribution in [2.45, 2.75) is 25.9 Å². The van der Waals surface area contributed by atoms with Crippen LogP contribution in [-0.2, 0) is 17.8 Å². The van der Waals surface area contributed by atoms with Crippen molar-refractivity contribution in [3.05, 3.63) is 94.1 Å². The molecule has 5 rings (SSSR count). The summed E-state index contributed by atoms with van der Waals surface area (Å²) in [5, 5.41) is 4.86. The second-order valence-corrected chi connectivity index (χ2v) is 9.81. The summed E-state index contributed by atoms with van der Waals surface area (Å²) < 4.78 is 2.14. The fourth-order valence-corrected chi connectivity index (χ4v) is 5.23. The molecule has 7 nitrogen and oxygen atoms in total. The molecule has 1 aliphatic rings. The minimum Gasteiger partial charge on any atom is -0.339 e. The molecule has 3 aromatic heterocycles. The Bertz CT molecular complexity index is 1290. The van der Waals surface area contributed by atoms with Crippen LogP contribution in [0.15, 0.2) is 72.2 Å². The maximum atomic E-state index is 13.5. The van der Waals surface area contributed by atoms with Crippen LogP contribution < -0.4 is 5.32 Å². The summed E-state index contributed by atoms with van der Waals surface area (Å²) in [4.78, 5) is 35.9. The van der Waals surface area contributed by atoms with Crippen molar-refractivity contribution in [1.29, 1.82) is 0 Å². The zero-order valence-corrected chi connectivity index (χ0v) is 20.6. The number of amides is 2. The van der Waals surface area contributed by atoms with Crippen molar-refractivity contribution < 1.29 is 9.59 Å². The largest absolute Gasteiger partial charge is 0.339 e. The first-order valence-corrected chi connectivity index (χ1v) is 12.8. The number of carbonyl (C=O) groups excluding carboxylic acids is 2. The number of aromatic nitrogens is 2. The number of nitrogens with zero attached hydrogens (tertiary/aromatic N) is 4. The van der Waals surface area contributed by atoms with Crippen molar-refractivity contribution in [1.82, 2.24) is 24.5 Å². The molecule has 180 valence electrons. The molecule has 1 fully saturated rings. The van der Waals surface area contributed by atoms with Gasteiger partial charge in [0.15, 0.2) is 0 Å². The van der Waals surface area contributed by atoms with Gasteiger partial charge in [0.2, 0.25) is 5.91 Å². The van der Waals surface area contributed by atoms with Crippen LogP contribution in [0.2, 0.25) is 0 Å². The van der Waals surface area contributed by atoms with Crippen molar-refractivity contribution in [3.63, 3.8) is 0 Å². The molecule has 0 saturated carbocycles. The quantitative estimate of drug-likeness (QED) is 0.434. The van der Waals surface area contributed by atoms with Gasteiger partial charge in [-0.3, -0.25) is 14.5 Å². The molecule has 4 aromatic rings. The number of carbonyl (C=O) groups is 2. The standard InChI is InChI=1S/C27H29N5O2S/c1-20-23(32-12-6-5-11-25(32)28-20)19-30-13-15-31(16-14-30)27(34)22(18-21-8-3-2-4-9-21)29-26(33)24-10-7-17-35-24/h2-12,17,22H,13-16,18-19H2,1H3,(H,29,33)/t22-/m0/s1. The minimum atomic E-state index is -0.598. The summed E-state index contributed by atoms with van der Waals surface area (Å²) in [6, 6.07) is 18.9. The van der Waals surface area contributed by atoms with Gasteiger partial charge in [0.1, 0.15) is 11.7 Å². The fraction of sp³-hybridized carbons (Fsp3) is 0.296. The van der Waals surface area contributed by atoms with Gasteiger partial charge in [-0.05, 0) is 36.1 Å². The van der Waals surface area contributed by atoms with Gasteiger partial charge in [0.05, 0.1) is 16.3 Å². The molecule has 1 saturated heterocycles. The maximum absolute atomic E-state index is 13.5. The SMILES string of the molecule is Cc1nc2ccccn2c1CN1CCN(C(=O)[C@H](Cc2ccccc2)NC(=O)c2cccs2)CC1. The highest BCUT2D eigenvalue weighted by molar-refractivity contribution is 7.12. The second kappa shape index (κ2) is 10.4. The lowest BCUT2D eigenvalue weighted by molar-refractivity contribution is -0.135. The summed E-state index contributed by atoms with van der Waals surface area (Å²) in [7, 11) is 0. The lowest BCUT2D eigenvalue weighted by Crippen LogP contribution is -2.55. The first kappa shape index (κ1) is 23.3. The molecule has 0 bridgehead atoms. The molecule has 35 heavy (non-hydrogen) atoms. The number of rotatable bonds is 7. The van der Waals surface area contributed by atoms with Crippen molar-refractivity contribution >= 4 is 28.8 Å². The summed E-state index contributed by atoms with van der Waals surface area (Å²) in [5.41, 5.74) is 4.21. The Kier molecular flexibility index (Phi) is 6.92. The van der Waals surface area contributed by atoms with Gasteiger partial charge in [-0.25, -0.2) is 4.98 Å². The van der Waals surface area contributed by atoms with Crippen LogP contribution in [0.1, 0.15) is 26.6 Å². The minimum absolute atomic E-state index is 0.0237. The number of imidazole rings is 1. The van der Waals surface area contributed by atoms with E-state index in [9.17, 15) is 9.59 Å². The van der Waals surface area contributed by atoms with Gasteiger partial charge < -0.3 is 14.6 Å². The molecular formula is C27H29N5O2S. The summed E-state index contributed by atoms with van der Waals surface area (Å²) in [6.45, 7) is 5.67. The van der Waals surface area contributed by atoms with Crippen LogP contribution in [0, 0.1) is 6.92 Å². The highest BCUT2D eigenvalue weighted by Gasteiger charge is 2.29. The average molecular weight is 488 g/mol. The van der Waals surface area contributed by atoms with Gasteiger partial charge >= 0.3 is 0 Å². The van der Waals surface area contributed by atoms with E-state index in [0.717, 1.165) is 36.5 Å². The van der Waals surface area contributed by atoms with Crippen molar-refractivity contribution in [2.75, 3.05) is 26.2 Å². The number of piperazine rings is 1. The highest BCUT2D eigenvalue weighted by Crippen LogP contribution is 2.17. The Morgan fingerprint density at radius 1 is 1.00 bits per heavy atom. The van der Waals surface area contributed by atoms with E-state index >= 15 is 0 Å². The van der Waals surface area contributed by atoms with E-state index in [-0.39, 0.29) is 11.8 Å². The number of benzene rings is 1. The number of thiophene rings is 1. The van der Waals surface area contributed by atoms with Crippen LogP contribution in [0.5, 0.6) is 0 Å². The Labute approximate surface area is 209 Å². The molecule has 0 unspecified atom stereocenters. The Hall–Kier alpha value is -3.49. The molecule has 4 heterocycles. The van der Waals surface area contributed by atoms with Gasteiger partial charge in [-0.1, -0.05) is 42.5 Å². The third-order valence-electron chi connectivity index (χ3n) is 6.52. The zero-order valence-electron chi connectivity index (χ0n) is 19.8. The molecule has 1 aromatic carbocycles. The van der Waals surface area contributed by atoms with Gasteiger partial charge in [-0.15, -0.1) is 11.3 Å². The average Bonchev–Trinajstić information content (AvgIpc) is 3.53. The number of pyridine rings is 1. The van der Waals surface area contributed by atoms with Crippen LogP contribution in [0.4, 0.5) is 0 Å². The molecule has 1 atom stereocenters. The monoisotopic (exact) mass is 487 g/mol. The van der Waals surface area contributed by atoms with Gasteiger partial charge in [0.25, 0.3) is 5.91 Å².